The van der Waals surface area contributed by atoms with E-state index in [2.05, 4.69) is 11.4 Å². The minimum absolute atomic E-state index is 0.0228. The Morgan fingerprint density at radius 2 is 1.97 bits per heavy atom. The lowest BCUT2D eigenvalue weighted by Crippen LogP contribution is -2.49. The van der Waals surface area contributed by atoms with Crippen LogP contribution in [0.1, 0.15) is 81.4 Å². The second-order valence-corrected chi connectivity index (χ2v) is 10.9. The third kappa shape index (κ3) is 5.36. The van der Waals surface area contributed by atoms with Crippen LogP contribution in [0.3, 0.4) is 0 Å². The SMILES string of the molecule is COc1cccc(CCCC(=O)NC2CC3(CCC3)Oc3c(Cl)cc(Cl)cc32)c1OC1CCCC1. The molecule has 1 amide bonds. The zero-order chi connectivity index (χ0) is 24.4. The van der Waals surface area contributed by atoms with Crippen molar-refractivity contribution in [2.75, 3.05) is 7.11 Å². The lowest BCUT2D eigenvalue weighted by Gasteiger charge is -2.48. The van der Waals surface area contributed by atoms with Gasteiger partial charge in [0, 0.05) is 23.4 Å². The molecule has 0 aromatic heterocycles. The molecule has 35 heavy (non-hydrogen) atoms. The molecule has 188 valence electrons. The highest BCUT2D eigenvalue weighted by Crippen LogP contribution is 2.51. The second-order valence-electron chi connectivity index (χ2n) is 10.1. The van der Waals surface area contributed by atoms with Crippen LogP contribution in [0.2, 0.25) is 10.0 Å². The number of carbonyl (C=O) groups is 1. The van der Waals surface area contributed by atoms with Crippen LogP contribution < -0.4 is 19.5 Å². The van der Waals surface area contributed by atoms with Gasteiger partial charge in [-0.25, -0.2) is 0 Å². The summed E-state index contributed by atoms with van der Waals surface area (Å²) in [5, 5.41) is 4.30. The van der Waals surface area contributed by atoms with Crippen LogP contribution >= 0.6 is 23.2 Å². The summed E-state index contributed by atoms with van der Waals surface area (Å²) in [6.45, 7) is 0. The minimum atomic E-state index is -0.227. The smallest absolute Gasteiger partial charge is 0.220 e. The molecule has 2 saturated carbocycles. The first-order valence-corrected chi connectivity index (χ1v) is 13.5. The number of aryl methyl sites for hydroxylation is 1. The van der Waals surface area contributed by atoms with Crippen molar-refractivity contribution in [3.63, 3.8) is 0 Å². The topological polar surface area (TPSA) is 56.8 Å². The number of carbonyl (C=O) groups excluding carboxylic acids is 1. The van der Waals surface area contributed by atoms with Crippen molar-refractivity contribution in [1.82, 2.24) is 5.32 Å². The maximum Gasteiger partial charge on any atom is 0.220 e. The highest BCUT2D eigenvalue weighted by molar-refractivity contribution is 6.35. The third-order valence-corrected chi connectivity index (χ3v) is 8.12. The first-order valence-electron chi connectivity index (χ1n) is 12.8. The lowest BCUT2D eigenvalue weighted by atomic mass is 9.73. The number of ether oxygens (including phenoxy) is 3. The summed E-state index contributed by atoms with van der Waals surface area (Å²) in [4.78, 5) is 13.0. The molecular weight excluding hydrogens is 485 g/mol. The van der Waals surface area contributed by atoms with Crippen molar-refractivity contribution >= 4 is 29.1 Å². The van der Waals surface area contributed by atoms with Crippen LogP contribution in [0, 0.1) is 0 Å². The number of para-hydroxylation sites is 1. The Balaban J connectivity index is 1.23. The van der Waals surface area contributed by atoms with E-state index in [1.807, 2.05) is 18.2 Å². The van der Waals surface area contributed by atoms with Crippen molar-refractivity contribution in [2.24, 2.45) is 0 Å². The Hall–Kier alpha value is -2.11. The molecule has 1 atom stereocenters. The highest BCUT2D eigenvalue weighted by atomic mass is 35.5. The van der Waals surface area contributed by atoms with E-state index in [4.69, 9.17) is 37.4 Å². The summed E-state index contributed by atoms with van der Waals surface area (Å²) in [6.07, 6.45) is 10.6. The van der Waals surface area contributed by atoms with Gasteiger partial charge in [-0.3, -0.25) is 4.79 Å². The van der Waals surface area contributed by atoms with Gasteiger partial charge >= 0.3 is 0 Å². The molecule has 1 aliphatic heterocycles. The van der Waals surface area contributed by atoms with Gasteiger partial charge in [-0.1, -0.05) is 35.3 Å². The zero-order valence-electron chi connectivity index (χ0n) is 20.2. The van der Waals surface area contributed by atoms with E-state index in [1.54, 1.807) is 13.2 Å². The van der Waals surface area contributed by atoms with E-state index in [-0.39, 0.29) is 23.7 Å². The normalized spacial score (nSPS) is 20.6. The summed E-state index contributed by atoms with van der Waals surface area (Å²) < 4.78 is 18.2. The molecule has 0 saturated heterocycles. The van der Waals surface area contributed by atoms with Gasteiger partial charge in [0.2, 0.25) is 5.91 Å². The minimum Gasteiger partial charge on any atom is -0.493 e. The number of methoxy groups -OCH3 is 1. The van der Waals surface area contributed by atoms with Crippen molar-refractivity contribution in [3.8, 4) is 17.2 Å². The monoisotopic (exact) mass is 517 g/mol. The van der Waals surface area contributed by atoms with Crippen LogP contribution in [0.4, 0.5) is 0 Å². The predicted molar refractivity (Wildman–Crippen MR) is 138 cm³/mol. The van der Waals surface area contributed by atoms with E-state index < -0.39 is 0 Å². The van der Waals surface area contributed by atoms with Gasteiger partial charge in [-0.05, 0) is 81.5 Å². The van der Waals surface area contributed by atoms with Crippen LogP contribution in [0.5, 0.6) is 17.2 Å². The highest BCUT2D eigenvalue weighted by Gasteiger charge is 2.46. The first-order chi connectivity index (χ1) is 17.0. The molecule has 1 N–H and O–H groups in total. The number of nitrogens with one attached hydrogen (secondary N) is 1. The van der Waals surface area contributed by atoms with Gasteiger partial charge < -0.3 is 19.5 Å². The summed E-state index contributed by atoms with van der Waals surface area (Å²) in [5.41, 5.74) is 1.73. The molecule has 2 aliphatic carbocycles. The lowest BCUT2D eigenvalue weighted by molar-refractivity contribution is -0.123. The second kappa shape index (κ2) is 10.5. The summed E-state index contributed by atoms with van der Waals surface area (Å²) in [7, 11) is 1.67. The van der Waals surface area contributed by atoms with E-state index in [1.165, 1.54) is 12.8 Å². The Kier molecular flexibility index (Phi) is 7.36. The number of halogens is 2. The summed E-state index contributed by atoms with van der Waals surface area (Å²) in [6, 6.07) is 9.42. The fourth-order valence-electron chi connectivity index (χ4n) is 5.62. The summed E-state index contributed by atoms with van der Waals surface area (Å²) >= 11 is 12.7. The van der Waals surface area contributed by atoms with E-state index in [0.717, 1.165) is 74.0 Å². The van der Waals surface area contributed by atoms with Gasteiger partial charge in [0.1, 0.15) is 11.4 Å². The van der Waals surface area contributed by atoms with Crippen LogP contribution in [0.25, 0.3) is 0 Å². The van der Waals surface area contributed by atoms with Gasteiger partial charge in [-0.2, -0.15) is 0 Å². The van der Waals surface area contributed by atoms with Crippen molar-refractivity contribution < 1.29 is 19.0 Å². The molecule has 1 spiro atoms. The Morgan fingerprint density at radius 1 is 1.17 bits per heavy atom. The van der Waals surface area contributed by atoms with Crippen LogP contribution in [0.15, 0.2) is 30.3 Å². The van der Waals surface area contributed by atoms with Crippen molar-refractivity contribution in [3.05, 3.63) is 51.5 Å². The van der Waals surface area contributed by atoms with Crippen LogP contribution in [-0.2, 0) is 11.2 Å². The Bertz CT molecular complexity index is 1080. The molecule has 3 aliphatic rings. The average molecular weight is 518 g/mol. The molecule has 5 nitrogen and oxygen atoms in total. The fraction of sp³-hybridized carbons (Fsp3) is 0.536. The number of hydrogen-bond donors (Lipinski definition) is 1. The average Bonchev–Trinajstić information content (AvgIpc) is 3.32. The predicted octanol–water partition coefficient (Wildman–Crippen LogP) is 7.21. The molecule has 1 unspecified atom stereocenters. The third-order valence-electron chi connectivity index (χ3n) is 7.62. The number of benzene rings is 2. The first kappa shape index (κ1) is 24.6. The maximum absolute atomic E-state index is 13.0. The molecule has 2 aromatic carbocycles. The van der Waals surface area contributed by atoms with E-state index >= 15 is 0 Å². The molecule has 2 aromatic rings. The number of hydrogen-bond acceptors (Lipinski definition) is 4. The quantitative estimate of drug-likeness (QED) is 0.401. The molecular formula is C28H33Cl2NO4. The van der Waals surface area contributed by atoms with Crippen molar-refractivity contribution in [2.45, 2.75) is 88.4 Å². The van der Waals surface area contributed by atoms with E-state index in [9.17, 15) is 4.79 Å². The van der Waals surface area contributed by atoms with Crippen molar-refractivity contribution in [1.29, 1.82) is 0 Å². The maximum atomic E-state index is 13.0. The Morgan fingerprint density at radius 3 is 2.69 bits per heavy atom. The zero-order valence-corrected chi connectivity index (χ0v) is 21.7. The summed E-state index contributed by atoms with van der Waals surface area (Å²) in [5.74, 6) is 2.28. The molecule has 0 radical (unpaired) electrons. The van der Waals surface area contributed by atoms with Gasteiger partial charge in [-0.15, -0.1) is 0 Å². The largest absolute Gasteiger partial charge is 0.493 e. The number of amides is 1. The molecule has 7 heteroatoms. The van der Waals surface area contributed by atoms with E-state index in [0.29, 0.717) is 22.2 Å². The van der Waals surface area contributed by atoms with Gasteiger partial charge in [0.15, 0.2) is 11.5 Å². The number of rotatable bonds is 8. The number of fused-ring (bicyclic) bond motifs is 1. The Labute approximate surface area is 217 Å². The van der Waals surface area contributed by atoms with Crippen LogP contribution in [-0.4, -0.2) is 24.7 Å². The fourth-order valence-corrected chi connectivity index (χ4v) is 6.17. The molecule has 1 heterocycles. The van der Waals surface area contributed by atoms with Gasteiger partial charge in [0.05, 0.1) is 24.3 Å². The molecule has 0 bridgehead atoms. The standard InChI is InChI=1S/C28H33Cl2NO4/c1-33-24-11-4-7-18(26(24)34-20-9-2-3-10-20)8-5-12-25(32)31-23-17-28(13-6-14-28)35-27-21(23)15-19(29)16-22(27)30/h4,7,11,15-16,20,23H,2-3,5-6,8-10,12-14,17H2,1H3,(H,31,32). The molecule has 5 rings (SSSR count). The van der Waals surface area contributed by atoms with Gasteiger partial charge in [0.25, 0.3) is 0 Å². The molecule has 2 fully saturated rings.